The van der Waals surface area contributed by atoms with Crippen LogP contribution < -0.4 is 11.1 Å². The Bertz CT molecular complexity index is 1020. The van der Waals surface area contributed by atoms with Gasteiger partial charge in [0.05, 0.1) is 17.7 Å². The van der Waals surface area contributed by atoms with Gasteiger partial charge in [-0.25, -0.2) is 0 Å². The molecule has 2 bridgehead atoms. The lowest BCUT2D eigenvalue weighted by Gasteiger charge is -2.64. The Labute approximate surface area is 210 Å². The maximum absolute atomic E-state index is 12.9. The molecule has 0 spiro atoms. The van der Waals surface area contributed by atoms with Crippen molar-refractivity contribution in [3.8, 4) is 0 Å². The van der Waals surface area contributed by atoms with Crippen LogP contribution in [0.2, 0.25) is 5.82 Å². The van der Waals surface area contributed by atoms with Gasteiger partial charge in [-0.3, -0.25) is 4.79 Å². The van der Waals surface area contributed by atoms with Crippen LogP contribution in [0.5, 0.6) is 0 Å². The lowest BCUT2D eigenvalue weighted by molar-refractivity contribution is -0.199. The normalized spacial score (nSPS) is 30.2. The molecule has 2 aromatic carbocycles. The second kappa shape index (κ2) is 9.72. The molecule has 1 aliphatic heterocycles. The highest BCUT2D eigenvalue weighted by molar-refractivity contribution is 6.47. The molecule has 3 aliphatic carbocycles. The largest absolute Gasteiger partial charge is 0.462 e. The van der Waals surface area contributed by atoms with Crippen molar-refractivity contribution in [2.24, 2.45) is 23.0 Å². The molecule has 0 radical (unpaired) electrons. The van der Waals surface area contributed by atoms with Crippen LogP contribution in [0.25, 0.3) is 0 Å². The molecule has 4 fully saturated rings. The van der Waals surface area contributed by atoms with Crippen molar-refractivity contribution in [3.63, 3.8) is 0 Å². The molecule has 186 valence electrons. The van der Waals surface area contributed by atoms with Crippen molar-refractivity contribution < 1.29 is 14.1 Å². The van der Waals surface area contributed by atoms with Crippen molar-refractivity contribution >= 4 is 13.0 Å². The molecule has 3 saturated carbocycles. The molecule has 2 aromatic rings. The van der Waals surface area contributed by atoms with Gasteiger partial charge in [0.2, 0.25) is 5.91 Å². The highest BCUT2D eigenvalue weighted by atomic mass is 16.7. The fourth-order valence-corrected chi connectivity index (χ4v) is 6.76. The molecule has 3 N–H and O–H groups in total. The summed E-state index contributed by atoms with van der Waals surface area (Å²) in [6.07, 6.45) is 4.75. The molecular formula is C29H39BN2O3. The molecule has 0 unspecified atom stereocenters. The molecular weight excluding hydrogens is 435 g/mol. The molecule has 6 atom stereocenters. The van der Waals surface area contributed by atoms with Gasteiger partial charge in [-0.05, 0) is 67.4 Å². The first kappa shape index (κ1) is 24.5. The summed E-state index contributed by atoms with van der Waals surface area (Å²) in [6.45, 7) is 7.51. The molecule has 35 heavy (non-hydrogen) atoms. The summed E-state index contributed by atoms with van der Waals surface area (Å²) in [5.41, 5.74) is 8.66. The second-order valence-electron chi connectivity index (χ2n) is 11.7. The molecule has 0 aromatic heterocycles. The first-order valence-corrected chi connectivity index (χ1v) is 13.2. The third kappa shape index (κ3) is 4.81. The number of amides is 1. The predicted octanol–water partition coefficient (Wildman–Crippen LogP) is 4.40. The Kier molecular flexibility index (Phi) is 6.82. The van der Waals surface area contributed by atoms with E-state index in [2.05, 4.69) is 50.4 Å². The number of aryl methyl sites for hydroxylation is 1. The van der Waals surface area contributed by atoms with Gasteiger partial charge in [0, 0.05) is 12.4 Å². The van der Waals surface area contributed by atoms with Crippen LogP contribution in [0, 0.1) is 17.3 Å². The van der Waals surface area contributed by atoms with Crippen LogP contribution in [0.1, 0.15) is 51.2 Å². The van der Waals surface area contributed by atoms with Crippen molar-refractivity contribution in [3.05, 3.63) is 71.8 Å². The zero-order valence-electron chi connectivity index (χ0n) is 21.3. The van der Waals surface area contributed by atoms with Crippen LogP contribution in [0.4, 0.5) is 0 Å². The first-order chi connectivity index (χ1) is 16.8. The molecule has 6 heteroatoms. The Morgan fingerprint density at radius 2 is 1.71 bits per heavy atom. The Hall–Kier alpha value is -2.15. The van der Waals surface area contributed by atoms with Crippen molar-refractivity contribution in [1.82, 2.24) is 5.32 Å². The number of benzene rings is 2. The highest BCUT2D eigenvalue weighted by Crippen LogP contribution is 2.66. The third-order valence-electron chi connectivity index (χ3n) is 9.17. The van der Waals surface area contributed by atoms with Gasteiger partial charge < -0.3 is 20.4 Å². The van der Waals surface area contributed by atoms with Crippen LogP contribution in [-0.2, 0) is 26.9 Å². The van der Waals surface area contributed by atoms with Crippen molar-refractivity contribution in [2.75, 3.05) is 6.54 Å². The monoisotopic (exact) mass is 474 g/mol. The van der Waals surface area contributed by atoms with E-state index in [4.69, 9.17) is 15.0 Å². The summed E-state index contributed by atoms with van der Waals surface area (Å²) in [7, 11) is -0.311. The zero-order valence-corrected chi connectivity index (χ0v) is 21.3. The standard InChI is InChI=1S/C29H39BN2O3/c1-28(2)22-17-25(28)29(3)26(18-22)34-30(35-29)23(15-14-20-10-6-4-7-11-20)19-32-27(33)24(31)16-21-12-8-5-9-13-21/h4-13,22-26H,14-19,31H2,1-3H3,(H,32,33)/t22-,23-,24+,25-,26+,29-/m1/s1. The van der Waals surface area contributed by atoms with Gasteiger partial charge in [-0.2, -0.15) is 0 Å². The SMILES string of the molecule is CC1(C)[C@H]2C[C@@H]3OB([C@H](CCc4ccccc4)CNC(=O)[C@@H](N)Cc4ccccc4)O[C@]3(C)[C@@H]1C2. The van der Waals surface area contributed by atoms with Crippen molar-refractivity contribution in [2.45, 2.75) is 76.4 Å². The van der Waals surface area contributed by atoms with Crippen molar-refractivity contribution in [1.29, 1.82) is 0 Å². The minimum Gasteiger partial charge on any atom is -0.405 e. The number of hydrogen-bond acceptors (Lipinski definition) is 4. The average Bonchev–Trinajstić information content (AvgIpc) is 3.22. The number of nitrogens with two attached hydrogens (primary N) is 1. The summed E-state index contributed by atoms with van der Waals surface area (Å²) in [4.78, 5) is 12.9. The number of carbonyl (C=O) groups excluding carboxylic acids is 1. The number of carbonyl (C=O) groups is 1. The third-order valence-corrected chi connectivity index (χ3v) is 9.17. The molecule has 5 nitrogen and oxygen atoms in total. The van der Waals surface area contributed by atoms with E-state index in [1.54, 1.807) is 0 Å². The van der Waals surface area contributed by atoms with E-state index in [-0.39, 0.29) is 30.5 Å². The summed E-state index contributed by atoms with van der Waals surface area (Å²) < 4.78 is 13.4. The van der Waals surface area contributed by atoms with Gasteiger partial charge in [-0.15, -0.1) is 0 Å². The number of hydrogen-bond donors (Lipinski definition) is 2. The minimum absolute atomic E-state index is 0.0609. The van der Waals surface area contributed by atoms with Crippen LogP contribution in [0.3, 0.4) is 0 Å². The fourth-order valence-electron chi connectivity index (χ4n) is 6.76. The van der Waals surface area contributed by atoms with Crippen LogP contribution in [0.15, 0.2) is 60.7 Å². The van der Waals surface area contributed by atoms with Gasteiger partial charge in [-0.1, -0.05) is 74.5 Å². The smallest absolute Gasteiger partial charge is 0.405 e. The van der Waals surface area contributed by atoms with E-state index < -0.39 is 6.04 Å². The van der Waals surface area contributed by atoms with E-state index >= 15 is 0 Å². The minimum atomic E-state index is -0.578. The second-order valence-corrected chi connectivity index (χ2v) is 11.7. The lowest BCUT2D eigenvalue weighted by Crippen LogP contribution is -2.65. The Morgan fingerprint density at radius 1 is 1.06 bits per heavy atom. The summed E-state index contributed by atoms with van der Waals surface area (Å²) >= 11 is 0. The van der Waals surface area contributed by atoms with Gasteiger partial charge >= 0.3 is 7.12 Å². The molecule has 4 aliphatic rings. The zero-order chi connectivity index (χ0) is 24.6. The van der Waals surface area contributed by atoms with E-state index in [9.17, 15) is 4.79 Å². The van der Waals surface area contributed by atoms with Gasteiger partial charge in [0.25, 0.3) is 0 Å². The summed E-state index contributed by atoms with van der Waals surface area (Å²) in [5.74, 6) is 1.17. The topological polar surface area (TPSA) is 73.6 Å². The van der Waals surface area contributed by atoms with E-state index in [1.165, 1.54) is 12.0 Å². The molecule has 1 amide bonds. The van der Waals surface area contributed by atoms with Crippen LogP contribution >= 0.6 is 0 Å². The van der Waals surface area contributed by atoms with Gasteiger partial charge in [0.1, 0.15) is 0 Å². The predicted molar refractivity (Wildman–Crippen MR) is 140 cm³/mol. The number of rotatable bonds is 9. The average molecular weight is 474 g/mol. The Balaban J connectivity index is 1.25. The highest BCUT2D eigenvalue weighted by Gasteiger charge is 2.68. The summed E-state index contributed by atoms with van der Waals surface area (Å²) in [6, 6.07) is 19.8. The fraction of sp³-hybridized carbons (Fsp3) is 0.552. The maximum atomic E-state index is 12.9. The maximum Gasteiger partial charge on any atom is 0.462 e. The lowest BCUT2D eigenvalue weighted by atomic mass is 9.43. The van der Waals surface area contributed by atoms with Crippen LogP contribution in [-0.4, -0.2) is 37.3 Å². The molecule has 1 heterocycles. The molecule has 6 rings (SSSR count). The van der Waals surface area contributed by atoms with E-state index in [1.807, 2.05) is 36.4 Å². The quantitative estimate of drug-likeness (QED) is 0.529. The van der Waals surface area contributed by atoms with Gasteiger partial charge in [0.15, 0.2) is 0 Å². The summed E-state index contributed by atoms with van der Waals surface area (Å²) in [5, 5.41) is 3.12. The van der Waals surface area contributed by atoms with E-state index in [0.29, 0.717) is 30.2 Å². The Morgan fingerprint density at radius 3 is 2.37 bits per heavy atom. The first-order valence-electron chi connectivity index (χ1n) is 13.2. The number of nitrogens with one attached hydrogen (secondary N) is 1. The molecule has 1 saturated heterocycles. The van der Waals surface area contributed by atoms with E-state index in [0.717, 1.165) is 24.8 Å².